The number of nitro groups is 1. The molecule has 0 N–H and O–H groups in total. The summed E-state index contributed by atoms with van der Waals surface area (Å²) in [4.78, 5) is 10.6. The highest BCUT2D eigenvalue weighted by Crippen LogP contribution is 2.27. The highest BCUT2D eigenvalue weighted by atomic mass is 32.1. The molecule has 15 heavy (non-hydrogen) atoms. The van der Waals surface area contributed by atoms with Crippen LogP contribution in [0.4, 0.5) is 0 Å². The van der Waals surface area contributed by atoms with Crippen molar-refractivity contribution in [3.8, 4) is 5.06 Å². The van der Waals surface area contributed by atoms with Gasteiger partial charge in [0.05, 0.1) is 0 Å². The van der Waals surface area contributed by atoms with Gasteiger partial charge in [0.15, 0.2) is 11.2 Å². The molecule has 1 aromatic heterocycles. The highest BCUT2D eigenvalue weighted by molar-refractivity contribution is 7.11. The minimum Gasteiger partial charge on any atom is -0.474 e. The van der Waals surface area contributed by atoms with Gasteiger partial charge in [0.25, 0.3) is 0 Å². The first-order chi connectivity index (χ1) is 7.27. The van der Waals surface area contributed by atoms with Gasteiger partial charge in [-0.25, -0.2) is 0 Å². The maximum Gasteiger partial charge on any atom is 0.249 e. The zero-order chi connectivity index (χ0) is 10.7. The lowest BCUT2D eigenvalue weighted by molar-refractivity contribution is -0.536. The molecule has 1 saturated carbocycles. The summed E-state index contributed by atoms with van der Waals surface area (Å²) in [5, 5.41) is 13.5. The van der Waals surface area contributed by atoms with Crippen molar-refractivity contribution in [2.75, 3.05) is 0 Å². The number of rotatable bonds is 3. The molecule has 0 aliphatic heterocycles. The third kappa shape index (κ3) is 2.47. The van der Waals surface area contributed by atoms with E-state index in [2.05, 4.69) is 0 Å². The number of nitrogens with zero attached hydrogens (tertiary/aromatic N) is 1. The normalized spacial score (nSPS) is 26.1. The highest BCUT2D eigenvalue weighted by Gasteiger charge is 2.35. The van der Waals surface area contributed by atoms with Crippen molar-refractivity contribution < 1.29 is 9.66 Å². The van der Waals surface area contributed by atoms with E-state index in [1.165, 1.54) is 11.3 Å². The molecule has 2 atom stereocenters. The smallest absolute Gasteiger partial charge is 0.249 e. The van der Waals surface area contributed by atoms with Gasteiger partial charge in [-0.2, -0.15) is 0 Å². The minimum atomic E-state index is -0.527. The Hall–Kier alpha value is -1.10. The average molecular weight is 227 g/mol. The summed E-state index contributed by atoms with van der Waals surface area (Å²) < 4.78 is 5.65. The Bertz CT molecular complexity index is 325. The summed E-state index contributed by atoms with van der Waals surface area (Å²) in [5.41, 5.74) is 0. The van der Waals surface area contributed by atoms with Crippen molar-refractivity contribution >= 4 is 11.3 Å². The van der Waals surface area contributed by atoms with Crippen LogP contribution >= 0.6 is 11.3 Å². The molecule has 1 aliphatic carbocycles. The number of hydrogen-bond donors (Lipinski definition) is 0. The summed E-state index contributed by atoms with van der Waals surface area (Å²) in [6.07, 6.45) is 3.16. The Morgan fingerprint density at radius 3 is 2.93 bits per heavy atom. The van der Waals surface area contributed by atoms with E-state index < -0.39 is 6.04 Å². The first kappa shape index (κ1) is 10.4. The second-order valence-corrected chi connectivity index (χ2v) is 4.64. The van der Waals surface area contributed by atoms with E-state index in [9.17, 15) is 10.1 Å². The van der Waals surface area contributed by atoms with Crippen molar-refractivity contribution in [2.45, 2.75) is 37.8 Å². The van der Waals surface area contributed by atoms with Gasteiger partial charge in [-0.15, -0.1) is 11.3 Å². The molecule has 2 rings (SSSR count). The van der Waals surface area contributed by atoms with Gasteiger partial charge >= 0.3 is 0 Å². The van der Waals surface area contributed by atoms with Crippen LogP contribution in [0.25, 0.3) is 0 Å². The van der Waals surface area contributed by atoms with Crippen LogP contribution in [-0.2, 0) is 0 Å². The molecule has 2 unspecified atom stereocenters. The average Bonchev–Trinajstić information content (AvgIpc) is 2.71. The molecule has 0 aromatic carbocycles. The van der Waals surface area contributed by atoms with Gasteiger partial charge in [0.2, 0.25) is 6.04 Å². The molecule has 0 spiro atoms. The molecule has 5 heteroatoms. The van der Waals surface area contributed by atoms with Gasteiger partial charge in [-0.05, 0) is 36.8 Å². The molecular weight excluding hydrogens is 214 g/mol. The third-order valence-corrected chi connectivity index (χ3v) is 3.46. The molecule has 82 valence electrons. The zero-order valence-electron chi connectivity index (χ0n) is 8.30. The van der Waals surface area contributed by atoms with Crippen molar-refractivity contribution in [1.82, 2.24) is 0 Å². The van der Waals surface area contributed by atoms with Gasteiger partial charge < -0.3 is 4.74 Å². The minimum absolute atomic E-state index is 0.197. The van der Waals surface area contributed by atoms with Gasteiger partial charge in [-0.3, -0.25) is 10.1 Å². The molecule has 4 nitrogen and oxygen atoms in total. The van der Waals surface area contributed by atoms with Crippen molar-refractivity contribution in [1.29, 1.82) is 0 Å². The Labute approximate surface area is 92.0 Å². The maximum atomic E-state index is 10.8. The lowest BCUT2D eigenvalue weighted by atomic mass is 9.93. The SMILES string of the molecule is O=[N+]([O-])C1CCCCC1Oc1cccs1. The fraction of sp³-hybridized carbons (Fsp3) is 0.600. The van der Waals surface area contributed by atoms with E-state index in [0.29, 0.717) is 6.42 Å². The van der Waals surface area contributed by atoms with Crippen LogP contribution in [0.2, 0.25) is 0 Å². The monoisotopic (exact) mass is 227 g/mol. The zero-order valence-corrected chi connectivity index (χ0v) is 9.11. The summed E-state index contributed by atoms with van der Waals surface area (Å²) in [7, 11) is 0. The van der Waals surface area contributed by atoms with Crippen molar-refractivity contribution in [3.05, 3.63) is 27.6 Å². The lowest BCUT2D eigenvalue weighted by Gasteiger charge is -2.25. The van der Waals surface area contributed by atoms with Gasteiger partial charge in [0, 0.05) is 11.3 Å². The molecule has 1 aliphatic rings. The van der Waals surface area contributed by atoms with E-state index in [4.69, 9.17) is 4.74 Å². The maximum absolute atomic E-state index is 10.8. The van der Waals surface area contributed by atoms with Gasteiger partial charge in [-0.1, -0.05) is 0 Å². The van der Waals surface area contributed by atoms with Crippen LogP contribution in [-0.4, -0.2) is 17.1 Å². The van der Waals surface area contributed by atoms with E-state index in [1.54, 1.807) is 0 Å². The molecule has 1 fully saturated rings. The second kappa shape index (κ2) is 4.61. The molecule has 1 heterocycles. The molecule has 0 bridgehead atoms. The standard InChI is InChI=1S/C10H13NO3S/c12-11(13)8-4-1-2-5-9(8)14-10-6-3-7-15-10/h3,6-9H,1-2,4-5H2. The second-order valence-electron chi connectivity index (χ2n) is 3.73. The van der Waals surface area contributed by atoms with Crippen LogP contribution in [0.5, 0.6) is 5.06 Å². The Balaban J connectivity index is 2.02. The largest absolute Gasteiger partial charge is 0.474 e. The molecule has 1 aromatic rings. The summed E-state index contributed by atoms with van der Waals surface area (Å²) in [6, 6.07) is 3.22. The summed E-state index contributed by atoms with van der Waals surface area (Å²) in [6.45, 7) is 0. The van der Waals surface area contributed by atoms with E-state index >= 15 is 0 Å². The number of hydrogen-bond acceptors (Lipinski definition) is 4. The van der Waals surface area contributed by atoms with Crippen molar-refractivity contribution in [3.63, 3.8) is 0 Å². The number of ether oxygens (including phenoxy) is 1. The lowest BCUT2D eigenvalue weighted by Crippen LogP contribution is -2.40. The molecular formula is C10H13NO3S. The fourth-order valence-corrected chi connectivity index (χ4v) is 2.56. The topological polar surface area (TPSA) is 52.4 Å². The Morgan fingerprint density at radius 1 is 1.47 bits per heavy atom. The van der Waals surface area contributed by atoms with E-state index in [1.807, 2.05) is 17.5 Å². The Morgan fingerprint density at radius 2 is 2.27 bits per heavy atom. The fourth-order valence-electron chi connectivity index (χ4n) is 1.94. The Kier molecular flexibility index (Phi) is 3.20. The first-order valence-corrected chi connectivity index (χ1v) is 5.99. The predicted octanol–water partition coefficient (Wildman–Crippen LogP) is 2.71. The molecule has 0 amide bonds. The predicted molar refractivity (Wildman–Crippen MR) is 58.0 cm³/mol. The van der Waals surface area contributed by atoms with Crippen LogP contribution < -0.4 is 4.74 Å². The van der Waals surface area contributed by atoms with Crippen molar-refractivity contribution in [2.24, 2.45) is 0 Å². The number of thiophene rings is 1. The molecule has 0 saturated heterocycles. The summed E-state index contributed by atoms with van der Waals surface area (Å²) >= 11 is 1.49. The quantitative estimate of drug-likeness (QED) is 0.589. The first-order valence-electron chi connectivity index (χ1n) is 5.11. The van der Waals surface area contributed by atoms with Crippen LogP contribution in [0.1, 0.15) is 25.7 Å². The van der Waals surface area contributed by atoms with Gasteiger partial charge in [0.1, 0.15) is 0 Å². The van der Waals surface area contributed by atoms with Crippen LogP contribution in [0, 0.1) is 10.1 Å². The van der Waals surface area contributed by atoms with Crippen LogP contribution in [0.3, 0.4) is 0 Å². The summed E-state index contributed by atoms with van der Waals surface area (Å²) in [5.74, 6) is 0. The van der Waals surface area contributed by atoms with E-state index in [0.717, 1.165) is 24.3 Å². The van der Waals surface area contributed by atoms with Crippen LogP contribution in [0.15, 0.2) is 17.5 Å². The third-order valence-electron chi connectivity index (χ3n) is 2.70. The molecule has 0 radical (unpaired) electrons. The van der Waals surface area contributed by atoms with E-state index in [-0.39, 0.29) is 11.0 Å².